The van der Waals surface area contributed by atoms with E-state index in [4.69, 9.17) is 4.43 Å². The van der Waals surface area contributed by atoms with E-state index in [-0.39, 0.29) is 9.76 Å². The lowest BCUT2D eigenvalue weighted by Gasteiger charge is -1.94. The minimum atomic E-state index is -0.303. The molecule has 0 N–H and O–H groups in total. The fraction of sp³-hybridized carbons (Fsp3) is 0.333. The van der Waals surface area contributed by atoms with Crippen LogP contribution in [0.3, 0.4) is 0 Å². The van der Waals surface area contributed by atoms with E-state index >= 15 is 0 Å². The van der Waals surface area contributed by atoms with Crippen LogP contribution in [0.25, 0.3) is 0 Å². The summed E-state index contributed by atoms with van der Waals surface area (Å²) in [6.45, 7) is 0. The van der Waals surface area contributed by atoms with Crippen LogP contribution in [0.2, 0.25) is 0 Å². The first-order chi connectivity index (χ1) is 3.93. The minimum Gasteiger partial charge on any atom is -0.422 e. The van der Waals surface area contributed by atoms with Gasteiger partial charge < -0.3 is 4.43 Å². The second kappa shape index (κ2) is 2.84. The molecule has 0 aliphatic heterocycles. The van der Waals surface area contributed by atoms with Crippen LogP contribution in [0.4, 0.5) is 0 Å². The van der Waals surface area contributed by atoms with E-state index < -0.39 is 0 Å². The van der Waals surface area contributed by atoms with Gasteiger partial charge >= 0.3 is 0 Å². The monoisotopic (exact) mass is 126 g/mol. The molecule has 0 saturated carbocycles. The Morgan fingerprint density at radius 1 is 1.75 bits per heavy atom. The van der Waals surface area contributed by atoms with Crippen LogP contribution in [-0.2, 0) is 4.43 Å². The van der Waals surface area contributed by atoms with E-state index in [1.54, 1.807) is 7.11 Å². The lowest BCUT2D eigenvalue weighted by atomic mass is 10.5. The second-order valence-electron chi connectivity index (χ2n) is 1.89. The predicted octanol–water partition coefficient (Wildman–Crippen LogP) is 0.560. The van der Waals surface area contributed by atoms with Crippen molar-refractivity contribution < 1.29 is 4.43 Å². The van der Waals surface area contributed by atoms with Gasteiger partial charge in [0.15, 0.2) is 9.76 Å². The SMILES string of the molecule is CO[SiH2]C1=CC=CC1. The van der Waals surface area contributed by atoms with Gasteiger partial charge in [-0.05, 0) is 6.42 Å². The van der Waals surface area contributed by atoms with Gasteiger partial charge in [-0.1, -0.05) is 23.4 Å². The Labute approximate surface area is 52.0 Å². The predicted molar refractivity (Wildman–Crippen MR) is 37.4 cm³/mol. The molecule has 1 aliphatic carbocycles. The number of hydrogen-bond donors (Lipinski definition) is 0. The Morgan fingerprint density at radius 2 is 2.62 bits per heavy atom. The van der Waals surface area contributed by atoms with Crippen LogP contribution < -0.4 is 0 Å². The summed E-state index contributed by atoms with van der Waals surface area (Å²) in [5.74, 6) is 0. The molecule has 0 amide bonds. The molecule has 0 heterocycles. The molecule has 0 spiro atoms. The summed E-state index contributed by atoms with van der Waals surface area (Å²) in [6, 6.07) is 0. The van der Waals surface area contributed by atoms with E-state index in [0.29, 0.717) is 0 Å². The molecule has 0 aromatic heterocycles. The highest BCUT2D eigenvalue weighted by molar-refractivity contribution is 6.38. The van der Waals surface area contributed by atoms with Gasteiger partial charge in [-0.25, -0.2) is 0 Å². The molecular formula is C6H10OSi. The lowest BCUT2D eigenvalue weighted by Crippen LogP contribution is -1.95. The van der Waals surface area contributed by atoms with Gasteiger partial charge in [0.1, 0.15) is 0 Å². The van der Waals surface area contributed by atoms with Crippen LogP contribution in [0.1, 0.15) is 6.42 Å². The number of allylic oxidation sites excluding steroid dienone is 4. The standard InChI is InChI=1S/C6H10OSi/c1-7-8-6-4-2-3-5-6/h2-4H,5,8H2,1H3. The molecule has 0 fully saturated rings. The fourth-order valence-corrected chi connectivity index (χ4v) is 1.67. The average molecular weight is 126 g/mol. The molecule has 1 nitrogen and oxygen atoms in total. The van der Waals surface area contributed by atoms with E-state index in [1.165, 1.54) is 5.20 Å². The number of hydrogen-bond acceptors (Lipinski definition) is 1. The third-order valence-electron chi connectivity index (χ3n) is 1.18. The zero-order valence-electron chi connectivity index (χ0n) is 5.05. The average Bonchev–Trinajstić information content (AvgIpc) is 2.19. The van der Waals surface area contributed by atoms with Crippen molar-refractivity contribution >= 4 is 9.76 Å². The number of rotatable bonds is 2. The Kier molecular flexibility index (Phi) is 2.06. The third kappa shape index (κ3) is 1.32. The van der Waals surface area contributed by atoms with Crippen LogP contribution >= 0.6 is 0 Å². The Hall–Kier alpha value is -0.343. The molecule has 1 rings (SSSR count). The highest BCUT2D eigenvalue weighted by Crippen LogP contribution is 2.07. The highest BCUT2D eigenvalue weighted by atomic mass is 28.2. The van der Waals surface area contributed by atoms with Crippen LogP contribution in [0.5, 0.6) is 0 Å². The smallest absolute Gasteiger partial charge is 0.188 e. The molecule has 1 aliphatic rings. The Morgan fingerprint density at radius 3 is 3.12 bits per heavy atom. The van der Waals surface area contributed by atoms with Crippen LogP contribution in [-0.4, -0.2) is 16.9 Å². The normalized spacial score (nSPS) is 18.4. The molecule has 0 aromatic rings. The molecule has 2 heteroatoms. The first-order valence-corrected chi connectivity index (χ1v) is 4.05. The molecule has 0 unspecified atom stereocenters. The van der Waals surface area contributed by atoms with E-state index in [9.17, 15) is 0 Å². The van der Waals surface area contributed by atoms with Crippen molar-refractivity contribution in [1.29, 1.82) is 0 Å². The van der Waals surface area contributed by atoms with Crippen LogP contribution in [0, 0.1) is 0 Å². The summed E-state index contributed by atoms with van der Waals surface area (Å²) in [5.41, 5.74) is 0. The van der Waals surface area contributed by atoms with Gasteiger partial charge in [0.2, 0.25) is 0 Å². The van der Waals surface area contributed by atoms with Crippen molar-refractivity contribution in [3.05, 3.63) is 23.4 Å². The molecule has 0 atom stereocenters. The molecule has 44 valence electrons. The van der Waals surface area contributed by atoms with Gasteiger partial charge in [-0.3, -0.25) is 0 Å². The van der Waals surface area contributed by atoms with Gasteiger partial charge in [0.05, 0.1) is 0 Å². The summed E-state index contributed by atoms with van der Waals surface area (Å²) in [7, 11) is 1.48. The van der Waals surface area contributed by atoms with E-state index in [2.05, 4.69) is 18.2 Å². The van der Waals surface area contributed by atoms with Gasteiger partial charge in [-0.2, -0.15) is 0 Å². The van der Waals surface area contributed by atoms with Crippen LogP contribution in [0.15, 0.2) is 23.4 Å². The quantitative estimate of drug-likeness (QED) is 0.491. The second-order valence-corrected chi connectivity index (χ2v) is 3.66. The maximum absolute atomic E-state index is 5.06. The highest BCUT2D eigenvalue weighted by Gasteiger charge is 1.96. The van der Waals surface area contributed by atoms with Gasteiger partial charge in [-0.15, -0.1) is 0 Å². The molecule has 8 heavy (non-hydrogen) atoms. The Balaban J connectivity index is 2.28. The van der Waals surface area contributed by atoms with Crippen molar-refractivity contribution in [2.45, 2.75) is 6.42 Å². The molecule has 0 radical (unpaired) electrons. The summed E-state index contributed by atoms with van der Waals surface area (Å²) >= 11 is 0. The van der Waals surface area contributed by atoms with Crippen molar-refractivity contribution in [3.63, 3.8) is 0 Å². The largest absolute Gasteiger partial charge is 0.422 e. The topological polar surface area (TPSA) is 9.23 Å². The first-order valence-electron chi connectivity index (χ1n) is 2.77. The first kappa shape index (κ1) is 5.79. The lowest BCUT2D eigenvalue weighted by molar-refractivity contribution is 0.447. The molecule has 0 saturated heterocycles. The zero-order valence-corrected chi connectivity index (χ0v) is 6.47. The van der Waals surface area contributed by atoms with Crippen molar-refractivity contribution in [3.8, 4) is 0 Å². The fourth-order valence-electron chi connectivity index (χ4n) is 0.784. The maximum Gasteiger partial charge on any atom is 0.188 e. The maximum atomic E-state index is 5.06. The Bertz CT molecular complexity index is 126. The van der Waals surface area contributed by atoms with Crippen molar-refractivity contribution in [1.82, 2.24) is 0 Å². The molecular weight excluding hydrogens is 116 g/mol. The van der Waals surface area contributed by atoms with E-state index in [1.807, 2.05) is 0 Å². The minimum absolute atomic E-state index is 0.303. The van der Waals surface area contributed by atoms with Crippen molar-refractivity contribution in [2.75, 3.05) is 7.11 Å². The summed E-state index contributed by atoms with van der Waals surface area (Å²) in [6.07, 6.45) is 7.57. The van der Waals surface area contributed by atoms with E-state index in [0.717, 1.165) is 6.42 Å². The summed E-state index contributed by atoms with van der Waals surface area (Å²) in [5, 5.41) is 1.51. The zero-order chi connectivity index (χ0) is 5.82. The van der Waals surface area contributed by atoms with Gasteiger partial charge in [0.25, 0.3) is 0 Å². The summed E-state index contributed by atoms with van der Waals surface area (Å²) in [4.78, 5) is 0. The summed E-state index contributed by atoms with van der Waals surface area (Å²) < 4.78 is 5.06. The van der Waals surface area contributed by atoms with Crippen molar-refractivity contribution in [2.24, 2.45) is 0 Å². The molecule has 0 aromatic carbocycles. The third-order valence-corrected chi connectivity index (χ3v) is 2.36. The van der Waals surface area contributed by atoms with Gasteiger partial charge in [0, 0.05) is 7.11 Å². The molecule has 0 bridgehead atoms.